The standard InChI is InChI=1S/C14H12N4O2S.C14H12N2O2S/c1-2-20-14(19)12(17-18-15)8-11-9-16-13(21-11)10-6-4-3-5-7-10;1-2-18-14(17)10-8-11-12(15-10)16-13(19-11)9-6-4-3-5-7-9/h3-9H,2H2,1H3;3-8,15H,2H2,1H3/b12-8-;. The number of azide groups is 1. The lowest BCUT2D eigenvalue weighted by molar-refractivity contribution is -0.138. The zero-order valence-electron chi connectivity index (χ0n) is 21.6. The number of carbonyl (C=O) groups is 2. The number of rotatable bonds is 8. The molecule has 0 unspecified atom stereocenters. The Bertz CT molecular complexity index is 1640. The fraction of sp³-hybridized carbons (Fsp3) is 0.143. The molecule has 0 aliphatic carbocycles. The summed E-state index contributed by atoms with van der Waals surface area (Å²) in [5.41, 5.74) is 11.7. The largest absolute Gasteiger partial charge is 0.462 e. The van der Waals surface area contributed by atoms with Gasteiger partial charge in [0.25, 0.3) is 0 Å². The number of fused-ring (bicyclic) bond motifs is 1. The lowest BCUT2D eigenvalue weighted by Gasteiger charge is -1.99. The third kappa shape index (κ3) is 7.20. The van der Waals surface area contributed by atoms with Gasteiger partial charge in [-0.3, -0.25) is 0 Å². The number of benzene rings is 2. The lowest BCUT2D eigenvalue weighted by Crippen LogP contribution is -2.05. The first-order chi connectivity index (χ1) is 19.5. The maximum Gasteiger partial charge on any atom is 0.354 e. The highest BCUT2D eigenvalue weighted by molar-refractivity contribution is 7.21. The number of carbonyl (C=O) groups excluding carboxylic acids is 2. The van der Waals surface area contributed by atoms with Crippen LogP contribution >= 0.6 is 22.7 Å². The van der Waals surface area contributed by atoms with E-state index < -0.39 is 5.97 Å². The van der Waals surface area contributed by atoms with Crippen LogP contribution in [0.4, 0.5) is 0 Å². The molecule has 0 atom stereocenters. The topological polar surface area (TPSA) is 143 Å². The summed E-state index contributed by atoms with van der Waals surface area (Å²) in [6.45, 7) is 4.06. The van der Waals surface area contributed by atoms with Crippen LogP contribution in [0.2, 0.25) is 0 Å². The molecule has 3 aromatic heterocycles. The second kappa shape index (κ2) is 13.9. The first-order valence-electron chi connectivity index (χ1n) is 12.2. The van der Waals surface area contributed by atoms with Crippen molar-refractivity contribution in [3.8, 4) is 21.1 Å². The summed E-state index contributed by atoms with van der Waals surface area (Å²) in [5, 5.41) is 5.13. The Morgan fingerprint density at radius 1 is 0.975 bits per heavy atom. The van der Waals surface area contributed by atoms with Crippen molar-refractivity contribution in [2.24, 2.45) is 5.11 Å². The second-order valence-electron chi connectivity index (χ2n) is 7.87. The summed E-state index contributed by atoms with van der Waals surface area (Å²) in [6, 6.07) is 21.4. The Morgan fingerprint density at radius 3 is 2.23 bits per heavy atom. The highest BCUT2D eigenvalue weighted by Gasteiger charge is 2.14. The molecule has 0 aliphatic heterocycles. The molecule has 5 rings (SSSR count). The molecular formula is C28H24N6O4S2. The van der Waals surface area contributed by atoms with Gasteiger partial charge in [0.1, 0.15) is 27.1 Å². The SMILES string of the molecule is CCOC(=O)/C(=C/c1cnc(-c2ccccc2)s1)N=[N+]=[N-].CCOC(=O)c1cc2sc(-c3ccccc3)nc2[nH]1. The molecule has 0 radical (unpaired) electrons. The van der Waals surface area contributed by atoms with Crippen LogP contribution in [0.25, 0.3) is 48.0 Å². The van der Waals surface area contributed by atoms with Crippen molar-refractivity contribution in [2.45, 2.75) is 13.8 Å². The number of nitrogens with one attached hydrogen (secondary N) is 1. The van der Waals surface area contributed by atoms with Gasteiger partial charge in [-0.15, -0.1) is 22.7 Å². The van der Waals surface area contributed by atoms with Gasteiger partial charge in [0, 0.05) is 27.1 Å². The molecule has 202 valence electrons. The molecule has 2 aromatic carbocycles. The molecule has 10 nitrogen and oxygen atoms in total. The molecule has 0 amide bonds. The number of aromatic amines is 1. The summed E-state index contributed by atoms with van der Waals surface area (Å²) in [7, 11) is 0. The Morgan fingerprint density at radius 2 is 1.62 bits per heavy atom. The average Bonchev–Trinajstić information content (AvgIpc) is 3.70. The van der Waals surface area contributed by atoms with E-state index in [0.29, 0.717) is 17.2 Å². The van der Waals surface area contributed by atoms with E-state index in [-0.39, 0.29) is 18.3 Å². The van der Waals surface area contributed by atoms with E-state index in [1.807, 2.05) is 60.7 Å². The summed E-state index contributed by atoms with van der Waals surface area (Å²) >= 11 is 2.95. The minimum Gasteiger partial charge on any atom is -0.462 e. The van der Waals surface area contributed by atoms with Crippen LogP contribution in [0.1, 0.15) is 29.2 Å². The molecule has 0 spiro atoms. The molecule has 1 N–H and O–H groups in total. The van der Waals surface area contributed by atoms with E-state index in [1.54, 1.807) is 37.4 Å². The number of thiazole rings is 2. The number of ether oxygens (including phenoxy) is 2. The predicted octanol–water partition coefficient (Wildman–Crippen LogP) is 7.49. The predicted molar refractivity (Wildman–Crippen MR) is 157 cm³/mol. The van der Waals surface area contributed by atoms with Gasteiger partial charge in [0.2, 0.25) is 0 Å². The van der Waals surface area contributed by atoms with E-state index in [1.165, 1.54) is 17.4 Å². The monoisotopic (exact) mass is 572 g/mol. The van der Waals surface area contributed by atoms with Crippen LogP contribution in [-0.2, 0) is 14.3 Å². The van der Waals surface area contributed by atoms with Gasteiger partial charge in [-0.1, -0.05) is 65.8 Å². The van der Waals surface area contributed by atoms with E-state index in [4.69, 9.17) is 15.0 Å². The van der Waals surface area contributed by atoms with Gasteiger partial charge in [-0.2, -0.15) is 0 Å². The van der Waals surface area contributed by atoms with Crippen molar-refractivity contribution >= 4 is 51.0 Å². The number of hydrogen-bond acceptors (Lipinski definition) is 9. The molecule has 0 aliphatic rings. The van der Waals surface area contributed by atoms with Gasteiger partial charge in [0.05, 0.1) is 17.9 Å². The normalized spacial score (nSPS) is 10.8. The van der Waals surface area contributed by atoms with Crippen molar-refractivity contribution in [2.75, 3.05) is 13.2 Å². The van der Waals surface area contributed by atoms with Crippen LogP contribution in [0.15, 0.2) is 83.7 Å². The van der Waals surface area contributed by atoms with Gasteiger partial charge in [-0.05, 0) is 31.5 Å². The molecule has 0 saturated carbocycles. The average molecular weight is 573 g/mol. The van der Waals surface area contributed by atoms with Crippen LogP contribution < -0.4 is 0 Å². The first kappa shape index (κ1) is 28.2. The first-order valence-corrected chi connectivity index (χ1v) is 13.8. The number of aromatic nitrogens is 3. The van der Waals surface area contributed by atoms with E-state index >= 15 is 0 Å². The zero-order chi connectivity index (χ0) is 28.3. The molecule has 0 saturated heterocycles. The van der Waals surface area contributed by atoms with Crippen LogP contribution in [0.5, 0.6) is 0 Å². The number of hydrogen-bond donors (Lipinski definition) is 1. The van der Waals surface area contributed by atoms with Gasteiger partial charge >= 0.3 is 11.9 Å². The molecule has 12 heteroatoms. The molecule has 0 bridgehead atoms. The molecular weight excluding hydrogens is 548 g/mol. The quantitative estimate of drug-likeness (QED) is 0.0671. The maximum atomic E-state index is 11.6. The van der Waals surface area contributed by atoms with Crippen molar-refractivity contribution in [3.05, 3.63) is 99.6 Å². The molecule has 3 heterocycles. The Balaban J connectivity index is 0.000000186. The van der Waals surface area contributed by atoms with Crippen LogP contribution in [0, 0.1) is 0 Å². The zero-order valence-corrected chi connectivity index (χ0v) is 23.2. The second-order valence-corrected chi connectivity index (χ2v) is 9.97. The van der Waals surface area contributed by atoms with E-state index in [9.17, 15) is 9.59 Å². The summed E-state index contributed by atoms with van der Waals surface area (Å²) in [5.74, 6) is -0.987. The maximum absolute atomic E-state index is 11.6. The van der Waals surface area contributed by atoms with Crippen LogP contribution in [0.3, 0.4) is 0 Å². The fourth-order valence-corrected chi connectivity index (χ4v) is 5.25. The smallest absolute Gasteiger partial charge is 0.354 e. The summed E-state index contributed by atoms with van der Waals surface area (Å²) in [4.78, 5) is 38.4. The molecule has 5 aromatic rings. The van der Waals surface area contributed by atoms with Gasteiger partial charge in [-0.25, -0.2) is 19.6 Å². The Labute approximate surface area is 237 Å². The summed E-state index contributed by atoms with van der Waals surface area (Å²) in [6.07, 6.45) is 3.10. The minimum atomic E-state index is -0.648. The Kier molecular flexibility index (Phi) is 9.78. The van der Waals surface area contributed by atoms with Crippen LogP contribution in [-0.4, -0.2) is 40.1 Å². The van der Waals surface area contributed by atoms with Crippen molar-refractivity contribution < 1.29 is 19.1 Å². The molecule has 40 heavy (non-hydrogen) atoms. The van der Waals surface area contributed by atoms with Gasteiger partial charge in [0.15, 0.2) is 0 Å². The highest BCUT2D eigenvalue weighted by atomic mass is 32.1. The van der Waals surface area contributed by atoms with E-state index in [0.717, 1.165) is 31.5 Å². The van der Waals surface area contributed by atoms with Crippen molar-refractivity contribution in [1.29, 1.82) is 0 Å². The summed E-state index contributed by atoms with van der Waals surface area (Å²) < 4.78 is 10.7. The highest BCUT2D eigenvalue weighted by Crippen LogP contribution is 2.30. The molecule has 0 fully saturated rings. The lowest BCUT2D eigenvalue weighted by atomic mass is 10.2. The number of nitrogens with zero attached hydrogens (tertiary/aromatic N) is 5. The third-order valence-corrected chi connectivity index (χ3v) is 7.20. The Hall–Kier alpha value is -4.77. The minimum absolute atomic E-state index is 0.0809. The van der Waals surface area contributed by atoms with E-state index in [2.05, 4.69) is 25.0 Å². The van der Waals surface area contributed by atoms with Crippen molar-refractivity contribution in [1.82, 2.24) is 15.0 Å². The third-order valence-electron chi connectivity index (χ3n) is 5.16. The number of H-pyrrole nitrogens is 1. The fourth-order valence-electron chi connectivity index (χ4n) is 3.42. The van der Waals surface area contributed by atoms with Gasteiger partial charge < -0.3 is 14.5 Å². The van der Waals surface area contributed by atoms with Crippen molar-refractivity contribution in [3.63, 3.8) is 0 Å². The number of esters is 2.